The molecule has 0 atom stereocenters. The van der Waals surface area contributed by atoms with Gasteiger partial charge in [-0.2, -0.15) is 18.3 Å². The quantitative estimate of drug-likeness (QED) is 0.853. The van der Waals surface area contributed by atoms with E-state index < -0.39 is 11.9 Å². The minimum absolute atomic E-state index is 0.292. The maximum atomic E-state index is 12.3. The Morgan fingerprint density at radius 1 is 1.10 bits per heavy atom. The lowest BCUT2D eigenvalue weighted by Crippen LogP contribution is -2.08. The molecule has 0 radical (unpaired) electrons. The van der Waals surface area contributed by atoms with Crippen molar-refractivity contribution in [2.75, 3.05) is 7.11 Å². The van der Waals surface area contributed by atoms with Gasteiger partial charge in [0, 0.05) is 6.20 Å². The Morgan fingerprint density at radius 2 is 1.70 bits per heavy atom. The van der Waals surface area contributed by atoms with Crippen molar-refractivity contribution in [3.05, 3.63) is 47.8 Å². The van der Waals surface area contributed by atoms with Crippen LogP contribution >= 0.6 is 0 Å². The van der Waals surface area contributed by atoms with E-state index in [9.17, 15) is 13.2 Å². The largest absolute Gasteiger partial charge is 0.497 e. The van der Waals surface area contributed by atoms with Crippen LogP contribution in [0.15, 0.2) is 36.5 Å². The molecule has 0 amide bonds. The Labute approximate surface area is 116 Å². The van der Waals surface area contributed by atoms with Gasteiger partial charge >= 0.3 is 6.18 Å². The van der Waals surface area contributed by atoms with Gasteiger partial charge in [-0.25, -0.2) is 0 Å². The Bertz CT molecular complexity index is 518. The molecule has 2 rings (SSSR count). The lowest BCUT2D eigenvalue weighted by Gasteiger charge is -2.04. The number of hydrogen-bond acceptors (Lipinski definition) is 2. The zero-order chi connectivity index (χ0) is 15.2. The van der Waals surface area contributed by atoms with Crippen molar-refractivity contribution >= 4 is 0 Å². The standard InChI is InChI=1S/C12H11F3N2O.C2H6/c1-18-10-4-2-9(3-5-10)8-17-7-6-11(16-17)12(13,14)15;1-2/h2-7H,8H2,1H3;1-2H3. The van der Waals surface area contributed by atoms with E-state index in [1.54, 1.807) is 31.4 Å². The number of rotatable bonds is 3. The molecule has 3 nitrogen and oxygen atoms in total. The summed E-state index contributed by atoms with van der Waals surface area (Å²) in [6.45, 7) is 4.29. The zero-order valence-electron chi connectivity index (χ0n) is 11.6. The first-order valence-electron chi connectivity index (χ1n) is 6.22. The van der Waals surface area contributed by atoms with E-state index in [0.29, 0.717) is 12.3 Å². The monoisotopic (exact) mass is 286 g/mol. The molecule has 2 aromatic rings. The molecule has 20 heavy (non-hydrogen) atoms. The highest BCUT2D eigenvalue weighted by molar-refractivity contribution is 5.27. The molecular formula is C14H17F3N2O. The molecule has 110 valence electrons. The van der Waals surface area contributed by atoms with Crippen LogP contribution in [-0.4, -0.2) is 16.9 Å². The van der Waals surface area contributed by atoms with Crippen LogP contribution in [0.5, 0.6) is 5.75 Å². The molecule has 0 fully saturated rings. The van der Waals surface area contributed by atoms with Crippen LogP contribution in [0.4, 0.5) is 13.2 Å². The molecule has 1 aromatic heterocycles. The highest BCUT2D eigenvalue weighted by atomic mass is 19.4. The van der Waals surface area contributed by atoms with E-state index in [-0.39, 0.29) is 0 Å². The van der Waals surface area contributed by atoms with Crippen LogP contribution in [0.1, 0.15) is 25.1 Å². The van der Waals surface area contributed by atoms with Crippen LogP contribution in [0.3, 0.4) is 0 Å². The second-order valence-electron chi connectivity index (χ2n) is 3.74. The number of ether oxygens (including phenoxy) is 1. The summed E-state index contributed by atoms with van der Waals surface area (Å²) in [4.78, 5) is 0. The summed E-state index contributed by atoms with van der Waals surface area (Å²) in [6, 6.07) is 8.04. The van der Waals surface area contributed by atoms with Crippen LogP contribution in [0.2, 0.25) is 0 Å². The third-order valence-electron chi connectivity index (χ3n) is 2.43. The summed E-state index contributed by atoms with van der Waals surface area (Å²) < 4.78 is 43.3. The number of halogens is 3. The SMILES string of the molecule is CC.COc1ccc(Cn2ccc(C(F)(F)F)n2)cc1. The molecule has 0 saturated carbocycles. The van der Waals surface area contributed by atoms with E-state index in [2.05, 4.69) is 5.10 Å². The van der Waals surface area contributed by atoms with Crippen molar-refractivity contribution in [1.82, 2.24) is 9.78 Å². The van der Waals surface area contributed by atoms with E-state index in [0.717, 1.165) is 11.6 Å². The normalized spacial score (nSPS) is 10.7. The fraction of sp³-hybridized carbons (Fsp3) is 0.357. The van der Waals surface area contributed by atoms with Crippen LogP contribution < -0.4 is 4.74 Å². The molecule has 0 spiro atoms. The van der Waals surface area contributed by atoms with Crippen molar-refractivity contribution in [3.63, 3.8) is 0 Å². The minimum Gasteiger partial charge on any atom is -0.497 e. The minimum atomic E-state index is -4.40. The van der Waals surface area contributed by atoms with Gasteiger partial charge in [0.15, 0.2) is 5.69 Å². The summed E-state index contributed by atoms with van der Waals surface area (Å²) in [6.07, 6.45) is -3.09. The van der Waals surface area contributed by atoms with Gasteiger partial charge in [0.2, 0.25) is 0 Å². The molecule has 0 aliphatic carbocycles. The van der Waals surface area contributed by atoms with E-state index in [4.69, 9.17) is 4.74 Å². The Balaban J connectivity index is 0.000000956. The average molecular weight is 286 g/mol. The summed E-state index contributed by atoms with van der Waals surface area (Å²) in [7, 11) is 1.55. The predicted molar refractivity (Wildman–Crippen MR) is 70.7 cm³/mol. The van der Waals surface area contributed by atoms with Gasteiger partial charge in [-0.05, 0) is 23.8 Å². The van der Waals surface area contributed by atoms with Crippen molar-refractivity contribution in [2.24, 2.45) is 0 Å². The zero-order valence-corrected chi connectivity index (χ0v) is 11.6. The second-order valence-corrected chi connectivity index (χ2v) is 3.74. The smallest absolute Gasteiger partial charge is 0.435 e. The van der Waals surface area contributed by atoms with Gasteiger partial charge in [-0.1, -0.05) is 26.0 Å². The van der Waals surface area contributed by atoms with Gasteiger partial charge < -0.3 is 4.74 Å². The van der Waals surface area contributed by atoms with Gasteiger partial charge in [0.1, 0.15) is 5.75 Å². The van der Waals surface area contributed by atoms with Gasteiger partial charge in [0.25, 0.3) is 0 Å². The van der Waals surface area contributed by atoms with Crippen molar-refractivity contribution in [2.45, 2.75) is 26.6 Å². The second kappa shape index (κ2) is 6.98. The topological polar surface area (TPSA) is 27.1 Å². The molecule has 0 bridgehead atoms. The summed E-state index contributed by atoms with van der Waals surface area (Å²) >= 11 is 0. The molecule has 0 saturated heterocycles. The van der Waals surface area contributed by atoms with E-state index in [1.807, 2.05) is 13.8 Å². The van der Waals surface area contributed by atoms with Crippen molar-refractivity contribution in [3.8, 4) is 5.75 Å². The maximum Gasteiger partial charge on any atom is 0.435 e. The Hall–Kier alpha value is -1.98. The molecule has 1 aromatic carbocycles. The first-order valence-corrected chi connectivity index (χ1v) is 6.22. The van der Waals surface area contributed by atoms with Crippen LogP contribution in [0, 0.1) is 0 Å². The summed E-state index contributed by atoms with van der Waals surface area (Å²) in [5.41, 5.74) is -0.0244. The summed E-state index contributed by atoms with van der Waals surface area (Å²) in [5, 5.41) is 3.48. The Kier molecular flexibility index (Phi) is 5.61. The number of alkyl halides is 3. The molecule has 0 N–H and O–H groups in total. The number of benzene rings is 1. The molecule has 6 heteroatoms. The fourth-order valence-electron chi connectivity index (χ4n) is 1.52. The lowest BCUT2D eigenvalue weighted by atomic mass is 10.2. The number of methoxy groups -OCH3 is 1. The van der Waals surface area contributed by atoms with Crippen molar-refractivity contribution < 1.29 is 17.9 Å². The predicted octanol–water partition coefficient (Wildman–Crippen LogP) is 3.99. The highest BCUT2D eigenvalue weighted by Crippen LogP contribution is 2.27. The fourth-order valence-corrected chi connectivity index (χ4v) is 1.52. The van der Waals surface area contributed by atoms with Crippen molar-refractivity contribution in [1.29, 1.82) is 0 Å². The lowest BCUT2D eigenvalue weighted by molar-refractivity contribution is -0.141. The molecular weight excluding hydrogens is 269 g/mol. The Morgan fingerprint density at radius 3 is 2.15 bits per heavy atom. The number of nitrogens with zero attached hydrogens (tertiary/aromatic N) is 2. The van der Waals surface area contributed by atoms with Crippen LogP contribution in [-0.2, 0) is 12.7 Å². The maximum absolute atomic E-state index is 12.3. The number of aromatic nitrogens is 2. The summed E-state index contributed by atoms with van der Waals surface area (Å²) in [5.74, 6) is 0.704. The molecule has 0 aliphatic rings. The third kappa shape index (κ3) is 4.29. The molecule has 0 unspecified atom stereocenters. The van der Waals surface area contributed by atoms with Gasteiger partial charge in [-0.3, -0.25) is 4.68 Å². The van der Waals surface area contributed by atoms with E-state index >= 15 is 0 Å². The molecule has 1 heterocycles. The third-order valence-corrected chi connectivity index (χ3v) is 2.43. The highest BCUT2D eigenvalue weighted by Gasteiger charge is 2.33. The van der Waals surface area contributed by atoms with Gasteiger partial charge in [-0.15, -0.1) is 0 Å². The van der Waals surface area contributed by atoms with Crippen LogP contribution in [0.25, 0.3) is 0 Å². The number of hydrogen-bond donors (Lipinski definition) is 0. The van der Waals surface area contributed by atoms with E-state index in [1.165, 1.54) is 10.9 Å². The first-order chi connectivity index (χ1) is 9.49. The first kappa shape index (κ1) is 16.1. The molecule has 0 aliphatic heterocycles. The van der Waals surface area contributed by atoms with Gasteiger partial charge in [0.05, 0.1) is 13.7 Å². The average Bonchev–Trinajstić information content (AvgIpc) is 2.90.